The zero-order chi connectivity index (χ0) is 20.3. The fourth-order valence-corrected chi connectivity index (χ4v) is 2.92. The molecule has 0 bridgehead atoms. The third-order valence-electron chi connectivity index (χ3n) is 4.09. The Balaban J connectivity index is 1.82. The molecule has 3 rings (SSSR count). The molecule has 144 valence electrons. The lowest BCUT2D eigenvalue weighted by atomic mass is 9.91. The van der Waals surface area contributed by atoms with Gasteiger partial charge >= 0.3 is 0 Å². The van der Waals surface area contributed by atoms with Gasteiger partial charge in [-0.3, -0.25) is 19.8 Å². The van der Waals surface area contributed by atoms with Crippen LogP contribution in [0.15, 0.2) is 66.2 Å². The van der Waals surface area contributed by atoms with Gasteiger partial charge in [-0.2, -0.15) is 0 Å². The Bertz CT molecular complexity index is 929. The van der Waals surface area contributed by atoms with Crippen LogP contribution in [-0.2, 0) is 9.59 Å². The van der Waals surface area contributed by atoms with Gasteiger partial charge in [0.15, 0.2) is 5.11 Å². The van der Waals surface area contributed by atoms with Crippen LogP contribution in [0, 0.1) is 5.41 Å². The summed E-state index contributed by atoms with van der Waals surface area (Å²) in [5.74, 6) is 0.478. The third-order valence-corrected chi connectivity index (χ3v) is 4.38. The number of nitrogens with zero attached hydrogens (tertiary/aromatic N) is 1. The van der Waals surface area contributed by atoms with E-state index in [1.807, 2.05) is 51.1 Å². The molecular formula is C22H22N2O3S. The number of ether oxygens (including phenoxy) is 1. The predicted molar refractivity (Wildman–Crippen MR) is 113 cm³/mol. The Morgan fingerprint density at radius 3 is 2.21 bits per heavy atom. The molecule has 1 aliphatic rings. The SMILES string of the molecule is CC(C)(C)C/C=C1\C(=O)NC(=S)N(c2ccc(Oc3ccccc3)cc2)C1=O. The second-order valence-corrected chi connectivity index (χ2v) is 8.08. The minimum absolute atomic E-state index is 0.0349. The summed E-state index contributed by atoms with van der Waals surface area (Å²) in [5.41, 5.74) is 0.637. The molecule has 1 fully saturated rings. The Labute approximate surface area is 170 Å². The van der Waals surface area contributed by atoms with Crippen molar-refractivity contribution in [2.75, 3.05) is 4.90 Å². The molecule has 1 saturated heterocycles. The maximum absolute atomic E-state index is 12.9. The summed E-state index contributed by atoms with van der Waals surface area (Å²) in [6.45, 7) is 6.13. The van der Waals surface area contributed by atoms with Gasteiger partial charge in [-0.25, -0.2) is 0 Å². The van der Waals surface area contributed by atoms with Crippen molar-refractivity contribution in [3.8, 4) is 11.5 Å². The van der Waals surface area contributed by atoms with Crippen molar-refractivity contribution in [3.63, 3.8) is 0 Å². The second-order valence-electron chi connectivity index (χ2n) is 7.69. The highest BCUT2D eigenvalue weighted by atomic mass is 32.1. The smallest absolute Gasteiger partial charge is 0.269 e. The van der Waals surface area contributed by atoms with Gasteiger partial charge in [-0.05, 0) is 60.5 Å². The van der Waals surface area contributed by atoms with Crippen LogP contribution >= 0.6 is 12.2 Å². The number of thiocarbonyl (C=S) groups is 1. The molecule has 2 amide bonds. The molecule has 2 aromatic rings. The van der Waals surface area contributed by atoms with E-state index in [9.17, 15) is 9.59 Å². The number of carbonyl (C=O) groups excluding carboxylic acids is 2. The van der Waals surface area contributed by atoms with Gasteiger partial charge in [0.05, 0.1) is 5.69 Å². The lowest BCUT2D eigenvalue weighted by Crippen LogP contribution is -2.54. The standard InChI is InChI=1S/C22H22N2O3S/c1-22(2,3)14-13-18-19(25)23-21(28)24(20(18)26)15-9-11-17(12-10-15)27-16-7-5-4-6-8-16/h4-13H,14H2,1-3H3,(H,23,25,28)/b18-13+. The third kappa shape index (κ3) is 4.64. The summed E-state index contributed by atoms with van der Waals surface area (Å²) in [6, 6.07) is 16.4. The Kier molecular flexibility index (Phi) is 5.61. The lowest BCUT2D eigenvalue weighted by molar-refractivity contribution is -0.122. The van der Waals surface area contributed by atoms with Gasteiger partial charge in [-0.15, -0.1) is 0 Å². The van der Waals surface area contributed by atoms with Crippen molar-refractivity contribution < 1.29 is 14.3 Å². The average molecular weight is 394 g/mol. The van der Waals surface area contributed by atoms with Crippen LogP contribution in [-0.4, -0.2) is 16.9 Å². The van der Waals surface area contributed by atoms with E-state index in [4.69, 9.17) is 17.0 Å². The minimum atomic E-state index is -0.459. The van der Waals surface area contributed by atoms with Crippen molar-refractivity contribution in [1.82, 2.24) is 5.32 Å². The summed E-state index contributed by atoms with van der Waals surface area (Å²) in [4.78, 5) is 26.5. The normalized spacial score (nSPS) is 16.3. The molecule has 0 aromatic heterocycles. The highest BCUT2D eigenvalue weighted by Crippen LogP contribution is 2.27. The first-order valence-corrected chi connectivity index (χ1v) is 9.38. The molecule has 0 aliphatic carbocycles. The number of benzene rings is 2. The van der Waals surface area contributed by atoms with Gasteiger partial charge < -0.3 is 4.74 Å². The predicted octanol–water partition coefficient (Wildman–Crippen LogP) is 4.59. The van der Waals surface area contributed by atoms with Crippen LogP contribution in [0.3, 0.4) is 0 Å². The molecule has 5 nitrogen and oxygen atoms in total. The number of amides is 2. The van der Waals surface area contributed by atoms with E-state index >= 15 is 0 Å². The fraction of sp³-hybridized carbons (Fsp3) is 0.227. The van der Waals surface area contributed by atoms with Gasteiger partial charge in [0, 0.05) is 0 Å². The second kappa shape index (κ2) is 7.94. The molecule has 0 unspecified atom stereocenters. The maximum atomic E-state index is 12.9. The molecule has 0 radical (unpaired) electrons. The Morgan fingerprint density at radius 1 is 1.00 bits per heavy atom. The number of hydrogen-bond donors (Lipinski definition) is 1. The molecule has 2 aromatic carbocycles. The van der Waals surface area contributed by atoms with E-state index in [0.717, 1.165) is 5.75 Å². The molecule has 28 heavy (non-hydrogen) atoms. The van der Waals surface area contributed by atoms with Crippen LogP contribution < -0.4 is 15.0 Å². The summed E-state index contributed by atoms with van der Waals surface area (Å²) in [5, 5.41) is 2.67. The van der Waals surface area contributed by atoms with Gasteiger partial charge in [0.2, 0.25) is 0 Å². The monoisotopic (exact) mass is 394 g/mol. The van der Waals surface area contributed by atoms with Crippen LogP contribution in [0.1, 0.15) is 27.2 Å². The first-order valence-electron chi connectivity index (χ1n) is 8.97. The van der Waals surface area contributed by atoms with E-state index in [1.165, 1.54) is 4.90 Å². The zero-order valence-electron chi connectivity index (χ0n) is 16.1. The van der Waals surface area contributed by atoms with Gasteiger partial charge in [0.1, 0.15) is 17.1 Å². The number of nitrogens with one attached hydrogen (secondary N) is 1. The topological polar surface area (TPSA) is 58.6 Å². The molecule has 0 spiro atoms. The quantitative estimate of drug-likeness (QED) is 0.468. The summed E-state index contributed by atoms with van der Waals surface area (Å²) < 4.78 is 5.77. The van der Waals surface area contributed by atoms with E-state index in [2.05, 4.69) is 5.32 Å². The molecule has 1 aliphatic heterocycles. The first-order chi connectivity index (χ1) is 13.2. The summed E-state index contributed by atoms with van der Waals surface area (Å²) >= 11 is 5.23. The van der Waals surface area contributed by atoms with Crippen molar-refractivity contribution in [1.29, 1.82) is 0 Å². The average Bonchev–Trinajstić information content (AvgIpc) is 2.62. The molecule has 1 heterocycles. The number of allylic oxidation sites excluding steroid dienone is 1. The van der Waals surface area contributed by atoms with Crippen molar-refractivity contribution in [2.45, 2.75) is 27.2 Å². The molecule has 0 saturated carbocycles. The van der Waals surface area contributed by atoms with E-state index in [-0.39, 0.29) is 16.1 Å². The number of carbonyl (C=O) groups is 2. The van der Waals surface area contributed by atoms with Crippen LogP contribution in [0.5, 0.6) is 11.5 Å². The van der Waals surface area contributed by atoms with Gasteiger partial charge in [-0.1, -0.05) is 45.0 Å². The van der Waals surface area contributed by atoms with Gasteiger partial charge in [0.25, 0.3) is 11.8 Å². The number of hydrogen-bond acceptors (Lipinski definition) is 4. The highest BCUT2D eigenvalue weighted by molar-refractivity contribution is 7.80. The first kappa shape index (κ1) is 19.8. The van der Waals surface area contributed by atoms with Crippen molar-refractivity contribution >= 4 is 34.8 Å². The molecular weight excluding hydrogens is 372 g/mol. The van der Waals surface area contributed by atoms with E-state index in [0.29, 0.717) is 17.9 Å². The lowest BCUT2D eigenvalue weighted by Gasteiger charge is -2.29. The van der Waals surface area contributed by atoms with E-state index in [1.54, 1.807) is 30.3 Å². The number of rotatable bonds is 4. The van der Waals surface area contributed by atoms with E-state index < -0.39 is 11.8 Å². The fourth-order valence-electron chi connectivity index (χ4n) is 2.64. The minimum Gasteiger partial charge on any atom is -0.457 e. The molecule has 0 atom stereocenters. The Morgan fingerprint density at radius 2 is 1.61 bits per heavy atom. The van der Waals surface area contributed by atoms with Crippen molar-refractivity contribution in [2.24, 2.45) is 5.41 Å². The van der Waals surface area contributed by atoms with Crippen LogP contribution in [0.2, 0.25) is 0 Å². The number of para-hydroxylation sites is 1. The maximum Gasteiger partial charge on any atom is 0.269 e. The number of anilines is 1. The van der Waals surface area contributed by atoms with Crippen molar-refractivity contribution in [3.05, 3.63) is 66.2 Å². The molecule has 1 N–H and O–H groups in total. The summed E-state index contributed by atoms with van der Waals surface area (Å²) in [6.07, 6.45) is 2.28. The molecule has 6 heteroatoms. The Hall–Kier alpha value is -2.99. The van der Waals surface area contributed by atoms with Crippen LogP contribution in [0.4, 0.5) is 5.69 Å². The van der Waals surface area contributed by atoms with Crippen LogP contribution in [0.25, 0.3) is 0 Å². The zero-order valence-corrected chi connectivity index (χ0v) is 16.9. The largest absolute Gasteiger partial charge is 0.457 e. The summed E-state index contributed by atoms with van der Waals surface area (Å²) in [7, 11) is 0. The highest BCUT2D eigenvalue weighted by Gasteiger charge is 2.34.